The highest BCUT2D eigenvalue weighted by Crippen LogP contribution is 2.11. The molecule has 0 rings (SSSR count). The number of rotatable bonds is 3. The van der Waals surface area contributed by atoms with E-state index in [1.807, 2.05) is 7.05 Å². The monoisotopic (exact) mass is 119 g/mol. The first kappa shape index (κ1) is 7.89. The predicted molar refractivity (Wildman–Crippen MR) is 33.7 cm³/mol. The molecule has 0 unspecified atom stereocenters. The molecule has 0 saturated heterocycles. The van der Waals surface area contributed by atoms with Gasteiger partial charge in [-0.3, -0.25) is 0 Å². The average molecular weight is 119 g/mol. The molecule has 0 aliphatic heterocycles. The molecule has 1 N–H and O–H groups in total. The van der Waals surface area contributed by atoms with Gasteiger partial charge in [0.1, 0.15) is 5.67 Å². The van der Waals surface area contributed by atoms with E-state index in [1.54, 1.807) is 13.8 Å². The van der Waals surface area contributed by atoms with Crippen molar-refractivity contribution in [1.29, 1.82) is 0 Å². The first-order valence-electron chi connectivity index (χ1n) is 2.90. The van der Waals surface area contributed by atoms with Crippen molar-refractivity contribution in [1.82, 2.24) is 5.32 Å². The highest BCUT2D eigenvalue weighted by Gasteiger charge is 2.12. The van der Waals surface area contributed by atoms with Crippen molar-refractivity contribution < 1.29 is 4.39 Å². The smallest absolute Gasteiger partial charge is 0.106 e. The Kier molecular flexibility index (Phi) is 2.98. The van der Waals surface area contributed by atoms with Crippen LogP contribution in [0, 0.1) is 0 Å². The van der Waals surface area contributed by atoms with Crippen molar-refractivity contribution >= 4 is 0 Å². The van der Waals surface area contributed by atoms with E-state index in [-0.39, 0.29) is 0 Å². The standard InChI is InChI=1S/C6H14FN/c1-6(2,7)4-5-8-3/h8H,4-5H2,1-3H3. The number of alkyl halides is 1. The first-order valence-corrected chi connectivity index (χ1v) is 2.90. The van der Waals surface area contributed by atoms with Crippen LogP contribution in [0.5, 0.6) is 0 Å². The van der Waals surface area contributed by atoms with E-state index in [9.17, 15) is 4.39 Å². The number of hydrogen-bond donors (Lipinski definition) is 1. The third kappa shape index (κ3) is 5.89. The molecule has 0 aliphatic rings. The van der Waals surface area contributed by atoms with Crippen LogP contribution in [-0.2, 0) is 0 Å². The molecule has 50 valence electrons. The minimum absolute atomic E-state index is 0.587. The lowest BCUT2D eigenvalue weighted by atomic mass is 10.1. The van der Waals surface area contributed by atoms with Crippen LogP contribution < -0.4 is 5.32 Å². The number of halogens is 1. The first-order chi connectivity index (χ1) is 3.56. The van der Waals surface area contributed by atoms with Gasteiger partial charge in [0.2, 0.25) is 0 Å². The minimum Gasteiger partial charge on any atom is -0.320 e. The van der Waals surface area contributed by atoms with Crippen molar-refractivity contribution in [3.63, 3.8) is 0 Å². The lowest BCUT2D eigenvalue weighted by Crippen LogP contribution is -2.20. The maximum absolute atomic E-state index is 12.5. The SMILES string of the molecule is CNCCC(C)(C)F. The maximum atomic E-state index is 12.5. The molecule has 0 aliphatic carbocycles. The summed E-state index contributed by atoms with van der Waals surface area (Å²) in [7, 11) is 1.83. The van der Waals surface area contributed by atoms with Gasteiger partial charge in [0.05, 0.1) is 0 Å². The summed E-state index contributed by atoms with van der Waals surface area (Å²) in [6, 6.07) is 0. The Hall–Kier alpha value is -0.110. The fraction of sp³-hybridized carbons (Fsp3) is 1.00. The summed E-state index contributed by atoms with van der Waals surface area (Å²) in [5, 5.41) is 2.88. The van der Waals surface area contributed by atoms with Crippen molar-refractivity contribution in [2.24, 2.45) is 0 Å². The Bertz CT molecular complexity index is 56.0. The minimum atomic E-state index is -1.01. The van der Waals surface area contributed by atoms with Gasteiger partial charge in [0, 0.05) is 0 Å². The van der Waals surface area contributed by atoms with E-state index in [1.165, 1.54) is 0 Å². The van der Waals surface area contributed by atoms with E-state index >= 15 is 0 Å². The zero-order chi connectivity index (χ0) is 6.62. The molecule has 0 aromatic rings. The fourth-order valence-corrected chi connectivity index (χ4v) is 0.422. The summed E-state index contributed by atoms with van der Waals surface area (Å²) < 4.78 is 12.5. The van der Waals surface area contributed by atoms with Crippen LogP contribution >= 0.6 is 0 Å². The summed E-state index contributed by atoms with van der Waals surface area (Å²) in [6.07, 6.45) is 0.587. The molecule has 8 heavy (non-hydrogen) atoms. The topological polar surface area (TPSA) is 12.0 Å². The molecule has 0 heterocycles. The van der Waals surface area contributed by atoms with Crippen molar-refractivity contribution in [3.8, 4) is 0 Å². The lowest BCUT2D eigenvalue weighted by molar-refractivity contribution is 0.201. The van der Waals surface area contributed by atoms with Gasteiger partial charge >= 0.3 is 0 Å². The average Bonchev–Trinajstić information content (AvgIpc) is 1.59. The zero-order valence-electron chi connectivity index (χ0n) is 5.79. The van der Waals surface area contributed by atoms with E-state index in [0.717, 1.165) is 6.54 Å². The van der Waals surface area contributed by atoms with E-state index in [0.29, 0.717) is 6.42 Å². The third-order valence-corrected chi connectivity index (χ3v) is 0.969. The zero-order valence-corrected chi connectivity index (χ0v) is 5.79. The van der Waals surface area contributed by atoms with E-state index < -0.39 is 5.67 Å². The molecule has 0 bridgehead atoms. The van der Waals surface area contributed by atoms with Crippen molar-refractivity contribution in [3.05, 3.63) is 0 Å². The van der Waals surface area contributed by atoms with Crippen LogP contribution in [-0.4, -0.2) is 19.3 Å². The largest absolute Gasteiger partial charge is 0.320 e. The molecule has 0 spiro atoms. The predicted octanol–water partition coefficient (Wildman–Crippen LogP) is 1.34. The molecule has 0 fully saturated rings. The molecule has 0 amide bonds. The second kappa shape index (κ2) is 3.02. The Labute approximate surface area is 50.3 Å². The lowest BCUT2D eigenvalue weighted by Gasteiger charge is -2.11. The Morgan fingerprint density at radius 3 is 2.12 bits per heavy atom. The quantitative estimate of drug-likeness (QED) is 0.591. The highest BCUT2D eigenvalue weighted by molar-refractivity contribution is 4.65. The van der Waals surface area contributed by atoms with Gasteiger partial charge in [-0.1, -0.05) is 0 Å². The second-order valence-corrected chi connectivity index (χ2v) is 2.57. The molecule has 2 heteroatoms. The van der Waals surface area contributed by atoms with Crippen molar-refractivity contribution in [2.75, 3.05) is 13.6 Å². The van der Waals surface area contributed by atoms with Gasteiger partial charge in [0.15, 0.2) is 0 Å². The molecule has 1 nitrogen and oxygen atoms in total. The van der Waals surface area contributed by atoms with Gasteiger partial charge in [-0.15, -0.1) is 0 Å². The van der Waals surface area contributed by atoms with Crippen LogP contribution in [0.25, 0.3) is 0 Å². The van der Waals surface area contributed by atoms with Gasteiger partial charge in [-0.2, -0.15) is 0 Å². The highest BCUT2D eigenvalue weighted by atomic mass is 19.1. The number of hydrogen-bond acceptors (Lipinski definition) is 1. The number of nitrogens with one attached hydrogen (secondary N) is 1. The summed E-state index contributed by atoms with van der Waals surface area (Å²) in [5.41, 5.74) is -1.01. The van der Waals surface area contributed by atoms with Crippen LogP contribution in [0.2, 0.25) is 0 Å². The fourth-order valence-electron chi connectivity index (χ4n) is 0.422. The van der Waals surface area contributed by atoms with E-state index in [2.05, 4.69) is 5.32 Å². The Balaban J connectivity index is 3.11. The van der Waals surface area contributed by atoms with Crippen LogP contribution in [0.4, 0.5) is 4.39 Å². The van der Waals surface area contributed by atoms with Gasteiger partial charge < -0.3 is 5.32 Å². The molecular weight excluding hydrogens is 105 g/mol. The molecule has 0 aromatic carbocycles. The van der Waals surface area contributed by atoms with Crippen molar-refractivity contribution in [2.45, 2.75) is 25.9 Å². The third-order valence-electron chi connectivity index (χ3n) is 0.969. The molecule has 0 radical (unpaired) electrons. The van der Waals surface area contributed by atoms with E-state index in [4.69, 9.17) is 0 Å². The summed E-state index contributed by atoms with van der Waals surface area (Å²) in [5.74, 6) is 0. The summed E-state index contributed by atoms with van der Waals surface area (Å²) in [6.45, 7) is 3.93. The molecule has 0 aromatic heterocycles. The van der Waals surface area contributed by atoms with Gasteiger partial charge in [0.25, 0.3) is 0 Å². The molecule has 0 saturated carbocycles. The van der Waals surface area contributed by atoms with Gasteiger partial charge in [-0.05, 0) is 33.9 Å². The van der Waals surface area contributed by atoms with Gasteiger partial charge in [-0.25, -0.2) is 4.39 Å². The van der Waals surface area contributed by atoms with Crippen LogP contribution in [0.3, 0.4) is 0 Å². The van der Waals surface area contributed by atoms with Crippen LogP contribution in [0.1, 0.15) is 20.3 Å². The second-order valence-electron chi connectivity index (χ2n) is 2.57. The Morgan fingerprint density at radius 2 is 2.00 bits per heavy atom. The maximum Gasteiger partial charge on any atom is 0.106 e. The summed E-state index contributed by atoms with van der Waals surface area (Å²) >= 11 is 0. The van der Waals surface area contributed by atoms with Crippen LogP contribution in [0.15, 0.2) is 0 Å². The normalized spacial score (nSPS) is 12.0. The molecule has 0 atom stereocenters. The molecular formula is C6H14FN. The summed E-state index contributed by atoms with van der Waals surface area (Å²) in [4.78, 5) is 0. The Morgan fingerprint density at radius 1 is 1.50 bits per heavy atom.